The van der Waals surface area contributed by atoms with Gasteiger partial charge >= 0.3 is 0 Å². The number of likely N-dealkylation sites (tertiary alicyclic amines) is 1. The number of hydrogen-bond donors (Lipinski definition) is 2. The molecule has 7 heteroatoms. The van der Waals surface area contributed by atoms with Crippen LogP contribution in [0.5, 0.6) is 0 Å². The van der Waals surface area contributed by atoms with Crippen LogP contribution in [0.2, 0.25) is 5.15 Å². The summed E-state index contributed by atoms with van der Waals surface area (Å²) in [4.78, 5) is 29.4. The molecule has 0 spiro atoms. The molecule has 1 aliphatic rings. The summed E-state index contributed by atoms with van der Waals surface area (Å²) >= 11 is 5.96. The molecule has 0 unspecified atom stereocenters. The number of nitrogens with zero attached hydrogens (tertiary/aromatic N) is 2. The van der Waals surface area contributed by atoms with Gasteiger partial charge in [-0.2, -0.15) is 0 Å². The van der Waals surface area contributed by atoms with Crippen molar-refractivity contribution in [2.45, 2.75) is 32.2 Å². The maximum atomic E-state index is 12.4. The Hall–Kier alpha value is -1.82. The molecule has 1 aromatic rings. The summed E-state index contributed by atoms with van der Waals surface area (Å²) in [6.45, 7) is 2.99. The smallest absolute Gasteiger partial charge is 0.257 e. The monoisotopic (exact) mass is 310 g/mol. The second kappa shape index (κ2) is 6.76. The van der Waals surface area contributed by atoms with Crippen molar-refractivity contribution in [3.8, 4) is 0 Å². The summed E-state index contributed by atoms with van der Waals surface area (Å²) in [5.74, 6) is -0.122. The van der Waals surface area contributed by atoms with Gasteiger partial charge in [0.25, 0.3) is 5.91 Å². The van der Waals surface area contributed by atoms with Crippen LogP contribution in [0.25, 0.3) is 0 Å². The number of pyridine rings is 1. The number of piperidine rings is 1. The van der Waals surface area contributed by atoms with E-state index >= 15 is 0 Å². The molecule has 0 bridgehead atoms. The number of aromatic nitrogens is 1. The second-order valence-electron chi connectivity index (χ2n) is 5.09. The molecule has 21 heavy (non-hydrogen) atoms. The van der Waals surface area contributed by atoms with E-state index in [1.807, 2.05) is 6.92 Å². The van der Waals surface area contributed by atoms with Gasteiger partial charge in [0.1, 0.15) is 5.15 Å². The molecule has 0 saturated carbocycles. The number of nitrogen functional groups attached to an aromatic ring is 1. The topological polar surface area (TPSA) is 88.3 Å². The minimum atomic E-state index is -0.167. The number of amides is 2. The fourth-order valence-corrected chi connectivity index (χ4v) is 2.53. The Balaban J connectivity index is 1.97. The number of rotatable bonds is 3. The fourth-order valence-electron chi connectivity index (χ4n) is 2.34. The first-order valence-corrected chi connectivity index (χ1v) is 7.38. The number of carbonyl (C=O) groups excluding carboxylic acids is 2. The van der Waals surface area contributed by atoms with Gasteiger partial charge in [-0.25, -0.2) is 4.98 Å². The van der Waals surface area contributed by atoms with Crippen molar-refractivity contribution < 1.29 is 9.59 Å². The average Bonchev–Trinajstić information content (AvgIpc) is 2.49. The maximum Gasteiger partial charge on any atom is 0.257 e. The highest BCUT2D eigenvalue weighted by atomic mass is 35.5. The predicted octanol–water partition coefficient (Wildman–Crippen LogP) is 1.45. The normalized spacial score (nSPS) is 15.8. The van der Waals surface area contributed by atoms with Crippen molar-refractivity contribution in [1.29, 1.82) is 0 Å². The summed E-state index contributed by atoms with van der Waals surface area (Å²) in [5, 5.41) is 3.12. The van der Waals surface area contributed by atoms with Crippen LogP contribution >= 0.6 is 11.6 Å². The summed E-state index contributed by atoms with van der Waals surface area (Å²) in [7, 11) is 0. The van der Waals surface area contributed by atoms with Crippen LogP contribution in [-0.4, -0.2) is 40.8 Å². The van der Waals surface area contributed by atoms with E-state index in [0.29, 0.717) is 30.8 Å². The summed E-state index contributed by atoms with van der Waals surface area (Å²) in [5.41, 5.74) is 6.38. The van der Waals surface area contributed by atoms with Crippen LogP contribution < -0.4 is 11.1 Å². The third kappa shape index (κ3) is 3.85. The number of nitrogens with two attached hydrogens (primary N) is 1. The standard InChI is InChI=1S/C14H19ClN4O2/c1-2-12(20)18-10-3-5-19(6-4-10)14(21)11-7-9(16)8-17-13(11)15/h7-8,10H,2-6,16H2,1H3,(H,18,20). The van der Waals surface area contributed by atoms with Gasteiger partial charge in [-0.15, -0.1) is 0 Å². The first kappa shape index (κ1) is 15.6. The lowest BCUT2D eigenvalue weighted by Crippen LogP contribution is -2.46. The van der Waals surface area contributed by atoms with Crippen molar-refractivity contribution in [2.24, 2.45) is 0 Å². The van der Waals surface area contributed by atoms with E-state index in [0.717, 1.165) is 12.8 Å². The van der Waals surface area contributed by atoms with Gasteiger partial charge in [-0.3, -0.25) is 9.59 Å². The van der Waals surface area contributed by atoms with E-state index in [1.165, 1.54) is 6.20 Å². The predicted molar refractivity (Wildman–Crippen MR) is 81.0 cm³/mol. The largest absolute Gasteiger partial charge is 0.397 e. The Morgan fingerprint density at radius 2 is 2.14 bits per heavy atom. The van der Waals surface area contributed by atoms with Gasteiger partial charge in [0, 0.05) is 25.6 Å². The molecule has 0 aromatic carbocycles. The Morgan fingerprint density at radius 1 is 1.48 bits per heavy atom. The Labute approximate surface area is 128 Å². The Morgan fingerprint density at radius 3 is 2.76 bits per heavy atom. The molecule has 2 amide bonds. The highest BCUT2D eigenvalue weighted by Crippen LogP contribution is 2.20. The third-order valence-electron chi connectivity index (χ3n) is 3.56. The van der Waals surface area contributed by atoms with Crippen molar-refractivity contribution >= 4 is 29.1 Å². The van der Waals surface area contributed by atoms with Crippen molar-refractivity contribution in [2.75, 3.05) is 18.8 Å². The molecular weight excluding hydrogens is 292 g/mol. The summed E-state index contributed by atoms with van der Waals surface area (Å²) in [6, 6.07) is 1.68. The lowest BCUT2D eigenvalue weighted by atomic mass is 10.0. The average molecular weight is 311 g/mol. The van der Waals surface area contributed by atoms with Gasteiger partial charge in [-0.1, -0.05) is 18.5 Å². The molecule has 0 radical (unpaired) electrons. The number of hydrogen-bond acceptors (Lipinski definition) is 4. The van der Waals surface area contributed by atoms with E-state index in [-0.39, 0.29) is 23.0 Å². The third-order valence-corrected chi connectivity index (χ3v) is 3.86. The second-order valence-corrected chi connectivity index (χ2v) is 5.45. The number of halogens is 1. The van der Waals surface area contributed by atoms with E-state index in [2.05, 4.69) is 10.3 Å². The molecule has 6 nitrogen and oxygen atoms in total. The molecule has 2 rings (SSSR count). The quantitative estimate of drug-likeness (QED) is 0.827. The number of nitrogens with one attached hydrogen (secondary N) is 1. The first-order valence-electron chi connectivity index (χ1n) is 7.01. The zero-order valence-electron chi connectivity index (χ0n) is 11.9. The SMILES string of the molecule is CCC(=O)NC1CCN(C(=O)c2cc(N)cnc2Cl)CC1. The Bertz CT molecular complexity index is 542. The number of carbonyl (C=O) groups is 2. The molecule has 0 aliphatic carbocycles. The van der Waals surface area contributed by atoms with E-state index in [4.69, 9.17) is 17.3 Å². The molecule has 2 heterocycles. The van der Waals surface area contributed by atoms with Crippen molar-refractivity contribution in [3.63, 3.8) is 0 Å². The molecule has 3 N–H and O–H groups in total. The van der Waals surface area contributed by atoms with Crippen LogP contribution in [0.15, 0.2) is 12.3 Å². The molecule has 1 aliphatic heterocycles. The van der Waals surface area contributed by atoms with Crippen LogP contribution in [0.1, 0.15) is 36.5 Å². The van der Waals surface area contributed by atoms with Crippen LogP contribution in [-0.2, 0) is 4.79 Å². The molecule has 0 atom stereocenters. The van der Waals surface area contributed by atoms with E-state index < -0.39 is 0 Å². The molecular formula is C14H19ClN4O2. The van der Waals surface area contributed by atoms with Gasteiger partial charge in [0.15, 0.2) is 0 Å². The van der Waals surface area contributed by atoms with E-state index in [1.54, 1.807) is 11.0 Å². The van der Waals surface area contributed by atoms with E-state index in [9.17, 15) is 9.59 Å². The van der Waals surface area contributed by atoms with Crippen LogP contribution in [0.4, 0.5) is 5.69 Å². The highest BCUT2D eigenvalue weighted by molar-refractivity contribution is 6.32. The summed E-state index contributed by atoms with van der Waals surface area (Å²) < 4.78 is 0. The molecule has 1 fully saturated rings. The highest BCUT2D eigenvalue weighted by Gasteiger charge is 2.25. The fraction of sp³-hybridized carbons (Fsp3) is 0.500. The van der Waals surface area contributed by atoms with Gasteiger partial charge in [0.05, 0.1) is 17.4 Å². The maximum absolute atomic E-state index is 12.4. The van der Waals surface area contributed by atoms with Crippen molar-refractivity contribution in [1.82, 2.24) is 15.2 Å². The molecule has 1 saturated heterocycles. The van der Waals surface area contributed by atoms with Crippen LogP contribution in [0.3, 0.4) is 0 Å². The van der Waals surface area contributed by atoms with Gasteiger partial charge < -0.3 is 16.0 Å². The Kier molecular flexibility index (Phi) is 5.01. The lowest BCUT2D eigenvalue weighted by molar-refractivity contribution is -0.121. The zero-order chi connectivity index (χ0) is 15.4. The minimum Gasteiger partial charge on any atom is -0.397 e. The zero-order valence-corrected chi connectivity index (χ0v) is 12.7. The molecule has 114 valence electrons. The number of anilines is 1. The summed E-state index contributed by atoms with van der Waals surface area (Å²) in [6.07, 6.45) is 3.38. The lowest BCUT2D eigenvalue weighted by Gasteiger charge is -2.32. The van der Waals surface area contributed by atoms with Crippen LogP contribution in [0, 0.1) is 0 Å². The van der Waals surface area contributed by atoms with Gasteiger partial charge in [0.2, 0.25) is 5.91 Å². The minimum absolute atomic E-state index is 0.0443. The molecule has 1 aromatic heterocycles. The van der Waals surface area contributed by atoms with Crippen molar-refractivity contribution in [3.05, 3.63) is 23.0 Å². The van der Waals surface area contributed by atoms with Gasteiger partial charge in [-0.05, 0) is 18.9 Å². The first-order chi connectivity index (χ1) is 10.0.